The van der Waals surface area contributed by atoms with Gasteiger partial charge in [0.25, 0.3) is 0 Å². The minimum absolute atomic E-state index is 0. The van der Waals surface area contributed by atoms with E-state index in [1.807, 2.05) is 19.9 Å². The summed E-state index contributed by atoms with van der Waals surface area (Å²) < 4.78 is 11.0. The molecule has 0 bridgehead atoms. The molecule has 1 aliphatic rings. The Morgan fingerprint density at radius 2 is 1.70 bits per heavy atom. The smallest absolute Gasteiger partial charge is 0.328 e. The van der Waals surface area contributed by atoms with Crippen molar-refractivity contribution in [1.29, 1.82) is 0 Å². The van der Waals surface area contributed by atoms with Crippen LogP contribution in [0.5, 0.6) is 0 Å². The van der Waals surface area contributed by atoms with Crippen LogP contribution < -0.4 is 0 Å². The van der Waals surface area contributed by atoms with Crippen molar-refractivity contribution in [1.82, 2.24) is 4.98 Å². The second-order valence-corrected chi connectivity index (χ2v) is 6.50. The van der Waals surface area contributed by atoms with Crippen LogP contribution in [0.25, 0.3) is 0 Å². The minimum Gasteiger partial charge on any atom is -0.462 e. The molecule has 0 aliphatic carbocycles. The van der Waals surface area contributed by atoms with Gasteiger partial charge in [0, 0.05) is 38.3 Å². The number of aromatic nitrogens is 1. The number of ether oxygens (including phenoxy) is 2. The van der Waals surface area contributed by atoms with Crippen LogP contribution in [0.4, 0.5) is 0 Å². The predicted molar refractivity (Wildman–Crippen MR) is 98.7 cm³/mol. The van der Waals surface area contributed by atoms with Crippen molar-refractivity contribution in [3.63, 3.8) is 0 Å². The van der Waals surface area contributed by atoms with Gasteiger partial charge >= 0.3 is 11.9 Å². The Labute approximate surface area is 173 Å². The Balaban J connectivity index is 0.00000364. The van der Waals surface area contributed by atoms with Crippen LogP contribution in [0.15, 0.2) is 41.7 Å². The first-order valence-corrected chi connectivity index (χ1v) is 9.00. The number of pyridine rings is 1. The summed E-state index contributed by atoms with van der Waals surface area (Å²) in [6, 6.07) is 5.42. The van der Waals surface area contributed by atoms with Gasteiger partial charge in [-0.3, -0.25) is 19.6 Å². The zero-order chi connectivity index (χ0) is 19.2. The Bertz CT molecular complexity index is 679. The summed E-state index contributed by atoms with van der Waals surface area (Å²) in [5.74, 6) is -1.22. The Hall–Kier alpha value is -1.88. The van der Waals surface area contributed by atoms with Crippen LogP contribution >= 0.6 is 0 Å². The van der Waals surface area contributed by atoms with E-state index in [-0.39, 0.29) is 38.1 Å². The maximum atomic E-state index is 12.9. The van der Waals surface area contributed by atoms with E-state index in [0.717, 1.165) is 0 Å². The van der Waals surface area contributed by atoms with E-state index in [2.05, 4.69) is 9.98 Å². The minimum atomic E-state index is -1.54. The number of hydrogen-bond acceptors (Lipinski definition) is 6. The number of esters is 2. The first-order valence-electron chi connectivity index (χ1n) is 9.00. The standard InChI is InChI=1S/C20H26N2O4.Ru/c1-5-14(3)25-18(23)20(19(24)26-15(4)6-2)10-12-22-17(13-20)16-9-7-8-11-21-16;/h7-12,14-15H,5-6,13H2,1-4H3;. The largest absolute Gasteiger partial charge is 0.462 e. The van der Waals surface area contributed by atoms with E-state index in [0.29, 0.717) is 24.2 Å². The fraction of sp³-hybridized carbons (Fsp3) is 0.500. The van der Waals surface area contributed by atoms with Crippen molar-refractivity contribution in [2.75, 3.05) is 0 Å². The van der Waals surface area contributed by atoms with Crippen molar-refractivity contribution < 1.29 is 38.5 Å². The zero-order valence-corrected chi connectivity index (χ0v) is 17.9. The SMILES string of the molecule is CCC(C)OC(=O)C1(C(=O)OC(C)CC)C=CN=C(c2ccccn2)C1.[Ru]. The van der Waals surface area contributed by atoms with Gasteiger partial charge in [-0.05, 0) is 44.9 Å². The van der Waals surface area contributed by atoms with Gasteiger partial charge in [0.1, 0.15) is 0 Å². The normalized spacial score (nSPS) is 20.7. The van der Waals surface area contributed by atoms with Crippen molar-refractivity contribution in [2.24, 2.45) is 10.4 Å². The molecule has 2 heterocycles. The molecule has 2 atom stereocenters. The maximum absolute atomic E-state index is 12.9. The predicted octanol–water partition coefficient (Wildman–Crippen LogP) is 3.46. The molecule has 0 N–H and O–H groups in total. The van der Waals surface area contributed by atoms with Gasteiger partial charge in [0.2, 0.25) is 0 Å². The zero-order valence-electron chi connectivity index (χ0n) is 16.1. The van der Waals surface area contributed by atoms with Gasteiger partial charge in [-0.2, -0.15) is 0 Å². The molecule has 0 fully saturated rings. The molecule has 0 aromatic carbocycles. The molecule has 0 spiro atoms. The fourth-order valence-corrected chi connectivity index (χ4v) is 2.42. The van der Waals surface area contributed by atoms with Crippen LogP contribution in [0.2, 0.25) is 0 Å². The maximum Gasteiger partial charge on any atom is 0.328 e. The summed E-state index contributed by atoms with van der Waals surface area (Å²) in [5, 5.41) is 0. The van der Waals surface area contributed by atoms with E-state index in [1.54, 1.807) is 32.2 Å². The number of rotatable bonds is 7. The molecule has 1 aliphatic heterocycles. The Morgan fingerprint density at radius 1 is 1.11 bits per heavy atom. The number of aliphatic imine (C=N–C) groups is 1. The topological polar surface area (TPSA) is 77.9 Å². The second kappa shape index (κ2) is 10.5. The van der Waals surface area contributed by atoms with Crippen LogP contribution in [0.3, 0.4) is 0 Å². The van der Waals surface area contributed by atoms with E-state index >= 15 is 0 Å². The summed E-state index contributed by atoms with van der Waals surface area (Å²) in [5.41, 5.74) is -0.370. The molecule has 1 aromatic rings. The second-order valence-electron chi connectivity index (χ2n) is 6.50. The van der Waals surface area contributed by atoms with Crippen LogP contribution in [-0.2, 0) is 38.5 Å². The molecule has 1 aromatic heterocycles. The molecule has 0 amide bonds. The molecular formula is C20H26N2O4Ru. The van der Waals surface area contributed by atoms with Crippen molar-refractivity contribution >= 4 is 17.7 Å². The van der Waals surface area contributed by atoms with Gasteiger partial charge < -0.3 is 9.47 Å². The molecule has 2 rings (SSSR count). The third kappa shape index (κ3) is 5.55. The van der Waals surface area contributed by atoms with Gasteiger partial charge in [-0.25, -0.2) is 0 Å². The van der Waals surface area contributed by atoms with Crippen LogP contribution in [0.1, 0.15) is 52.7 Å². The molecule has 7 heteroatoms. The van der Waals surface area contributed by atoms with Crippen molar-refractivity contribution in [3.8, 4) is 0 Å². The first-order chi connectivity index (χ1) is 12.4. The van der Waals surface area contributed by atoms with Gasteiger partial charge in [0.15, 0.2) is 5.41 Å². The van der Waals surface area contributed by atoms with Gasteiger partial charge in [-0.1, -0.05) is 19.9 Å². The third-order valence-electron chi connectivity index (χ3n) is 4.49. The summed E-state index contributed by atoms with van der Waals surface area (Å²) >= 11 is 0. The van der Waals surface area contributed by atoms with E-state index in [9.17, 15) is 9.59 Å². The monoisotopic (exact) mass is 460 g/mol. The molecule has 148 valence electrons. The average molecular weight is 460 g/mol. The number of carbonyl (C=O) groups excluding carboxylic acids is 2. The average Bonchev–Trinajstić information content (AvgIpc) is 2.68. The summed E-state index contributed by atoms with van der Waals surface area (Å²) in [6.07, 6.45) is 5.39. The number of carbonyl (C=O) groups is 2. The molecule has 0 radical (unpaired) electrons. The summed E-state index contributed by atoms with van der Waals surface area (Å²) in [7, 11) is 0. The van der Waals surface area contributed by atoms with Gasteiger partial charge in [0.05, 0.1) is 23.6 Å². The van der Waals surface area contributed by atoms with Crippen LogP contribution in [-0.4, -0.2) is 34.8 Å². The number of nitrogens with zero attached hydrogens (tertiary/aromatic N) is 2. The van der Waals surface area contributed by atoms with Crippen molar-refractivity contribution in [3.05, 3.63) is 42.4 Å². The van der Waals surface area contributed by atoms with E-state index in [1.165, 1.54) is 12.3 Å². The van der Waals surface area contributed by atoms with E-state index in [4.69, 9.17) is 9.47 Å². The molecule has 2 unspecified atom stereocenters. The molecule has 6 nitrogen and oxygen atoms in total. The quantitative estimate of drug-likeness (QED) is 0.355. The summed E-state index contributed by atoms with van der Waals surface area (Å²) in [4.78, 5) is 34.4. The van der Waals surface area contributed by atoms with E-state index < -0.39 is 17.4 Å². The third-order valence-corrected chi connectivity index (χ3v) is 4.49. The molecule has 27 heavy (non-hydrogen) atoms. The van der Waals surface area contributed by atoms with Crippen LogP contribution in [0, 0.1) is 5.41 Å². The molecule has 0 saturated carbocycles. The fourth-order valence-electron chi connectivity index (χ4n) is 2.42. The number of hydrogen-bond donors (Lipinski definition) is 0. The Morgan fingerprint density at radius 3 is 2.19 bits per heavy atom. The van der Waals surface area contributed by atoms with Crippen molar-refractivity contribution in [2.45, 2.75) is 59.2 Å². The first kappa shape index (κ1) is 23.2. The van der Waals surface area contributed by atoms with Gasteiger partial charge in [-0.15, -0.1) is 0 Å². The molecule has 0 saturated heterocycles. The Kier molecular flexibility index (Phi) is 8.97. The summed E-state index contributed by atoms with van der Waals surface area (Å²) in [6.45, 7) is 7.43. The molecular weight excluding hydrogens is 433 g/mol.